The fraction of sp³-hybridized carbons (Fsp3) is 0.500. The monoisotopic (exact) mass is 242 g/mol. The van der Waals surface area contributed by atoms with Gasteiger partial charge in [0.25, 0.3) is 8.32 Å². The van der Waals surface area contributed by atoms with Crippen molar-refractivity contribution in [1.82, 2.24) is 0 Å². The van der Waals surface area contributed by atoms with Crippen LogP contribution in [0, 0.1) is 0 Å². The van der Waals surface area contributed by atoms with Crippen molar-refractivity contribution in [2.75, 3.05) is 0 Å². The highest BCUT2D eigenvalue weighted by molar-refractivity contribution is 6.74. The van der Waals surface area contributed by atoms with Crippen LogP contribution in [0.3, 0.4) is 0 Å². The zero-order valence-corrected chi connectivity index (χ0v) is 11.9. The van der Waals surface area contributed by atoms with Crippen LogP contribution in [0.1, 0.15) is 20.8 Å². The number of para-hydroxylation sites is 1. The SMILES string of the molecule is CC(C)(C)[Si](C)(C)Oc1ccccc1Cl. The minimum atomic E-state index is -1.76. The van der Waals surface area contributed by atoms with Crippen LogP contribution in [0.25, 0.3) is 0 Å². The Balaban J connectivity index is 2.92. The van der Waals surface area contributed by atoms with E-state index in [9.17, 15) is 0 Å². The van der Waals surface area contributed by atoms with Gasteiger partial charge in [-0.05, 0) is 30.3 Å². The maximum atomic E-state index is 6.10. The Morgan fingerprint density at radius 2 is 1.67 bits per heavy atom. The first-order valence-electron chi connectivity index (χ1n) is 5.17. The van der Waals surface area contributed by atoms with Crippen molar-refractivity contribution >= 4 is 19.9 Å². The van der Waals surface area contributed by atoms with E-state index in [0.29, 0.717) is 5.02 Å². The zero-order chi connectivity index (χ0) is 11.7. The molecular weight excluding hydrogens is 224 g/mol. The number of hydrogen-bond donors (Lipinski definition) is 0. The molecule has 1 nitrogen and oxygen atoms in total. The van der Waals surface area contributed by atoms with E-state index in [1.807, 2.05) is 24.3 Å². The molecule has 0 spiro atoms. The first kappa shape index (κ1) is 12.6. The highest BCUT2D eigenvalue weighted by Gasteiger charge is 2.39. The fourth-order valence-corrected chi connectivity index (χ4v) is 2.23. The van der Waals surface area contributed by atoms with Crippen molar-refractivity contribution in [2.24, 2.45) is 0 Å². The van der Waals surface area contributed by atoms with Gasteiger partial charge in [0.2, 0.25) is 0 Å². The quantitative estimate of drug-likeness (QED) is 0.682. The third-order valence-corrected chi connectivity index (χ3v) is 7.66. The first-order valence-corrected chi connectivity index (χ1v) is 8.46. The van der Waals surface area contributed by atoms with Gasteiger partial charge in [0.15, 0.2) is 0 Å². The standard InChI is InChI=1S/C12H19ClOSi/c1-12(2,3)15(4,5)14-11-9-7-6-8-10(11)13/h6-9H,1-5H3. The summed E-state index contributed by atoms with van der Waals surface area (Å²) in [6.07, 6.45) is 0. The van der Waals surface area contributed by atoms with E-state index in [0.717, 1.165) is 5.75 Å². The van der Waals surface area contributed by atoms with E-state index in [1.54, 1.807) is 0 Å². The van der Waals surface area contributed by atoms with Gasteiger partial charge in [-0.3, -0.25) is 0 Å². The van der Waals surface area contributed by atoms with Crippen LogP contribution in [0.4, 0.5) is 0 Å². The first-order chi connectivity index (χ1) is 6.74. The highest BCUT2D eigenvalue weighted by Crippen LogP contribution is 2.38. The lowest BCUT2D eigenvalue weighted by molar-refractivity contribution is 0.492. The second-order valence-electron chi connectivity index (χ2n) is 5.29. The zero-order valence-electron chi connectivity index (χ0n) is 10.1. The fourth-order valence-electron chi connectivity index (χ4n) is 0.955. The lowest BCUT2D eigenvalue weighted by Gasteiger charge is -2.36. The van der Waals surface area contributed by atoms with E-state index >= 15 is 0 Å². The summed E-state index contributed by atoms with van der Waals surface area (Å²) < 4.78 is 6.10. The molecule has 0 saturated carbocycles. The summed E-state index contributed by atoms with van der Waals surface area (Å²) in [5.41, 5.74) is 0. The number of hydrogen-bond acceptors (Lipinski definition) is 1. The van der Waals surface area contributed by atoms with Crippen LogP contribution in [0.15, 0.2) is 24.3 Å². The summed E-state index contributed by atoms with van der Waals surface area (Å²) in [6.45, 7) is 11.1. The van der Waals surface area contributed by atoms with Crippen molar-refractivity contribution in [3.05, 3.63) is 29.3 Å². The van der Waals surface area contributed by atoms with Gasteiger partial charge < -0.3 is 4.43 Å². The van der Waals surface area contributed by atoms with Gasteiger partial charge >= 0.3 is 0 Å². The largest absolute Gasteiger partial charge is 0.543 e. The predicted molar refractivity (Wildman–Crippen MR) is 69.3 cm³/mol. The third kappa shape index (κ3) is 2.99. The second kappa shape index (κ2) is 4.18. The van der Waals surface area contributed by atoms with Crippen LogP contribution in [0.2, 0.25) is 23.2 Å². The summed E-state index contributed by atoms with van der Waals surface area (Å²) in [6, 6.07) is 7.67. The maximum absolute atomic E-state index is 6.10. The van der Waals surface area contributed by atoms with Crippen molar-refractivity contribution in [1.29, 1.82) is 0 Å². The molecule has 0 fully saturated rings. The molecule has 0 atom stereocenters. The molecule has 0 heterocycles. The highest BCUT2D eigenvalue weighted by atomic mass is 35.5. The van der Waals surface area contributed by atoms with Gasteiger partial charge in [0.1, 0.15) is 5.75 Å². The van der Waals surface area contributed by atoms with Crippen molar-refractivity contribution in [3.63, 3.8) is 0 Å². The molecule has 0 unspecified atom stereocenters. The number of halogens is 1. The lowest BCUT2D eigenvalue weighted by atomic mass is 10.2. The van der Waals surface area contributed by atoms with E-state index < -0.39 is 8.32 Å². The Morgan fingerprint density at radius 1 is 1.13 bits per heavy atom. The Morgan fingerprint density at radius 3 is 2.13 bits per heavy atom. The maximum Gasteiger partial charge on any atom is 0.250 e. The number of rotatable bonds is 2. The summed E-state index contributed by atoms with van der Waals surface area (Å²) in [7, 11) is -1.76. The van der Waals surface area contributed by atoms with Gasteiger partial charge in [-0.1, -0.05) is 44.5 Å². The van der Waals surface area contributed by atoms with Gasteiger partial charge in [0, 0.05) is 0 Å². The number of benzene rings is 1. The average molecular weight is 243 g/mol. The molecule has 0 bridgehead atoms. The Hall–Kier alpha value is -0.473. The summed E-state index contributed by atoms with van der Waals surface area (Å²) in [5.74, 6) is 0.811. The molecule has 1 aromatic rings. The predicted octanol–water partition coefficient (Wildman–Crippen LogP) is 4.72. The Labute approximate surface area is 98.5 Å². The van der Waals surface area contributed by atoms with Gasteiger partial charge in [0.05, 0.1) is 5.02 Å². The molecule has 84 valence electrons. The normalized spacial score (nSPS) is 12.7. The lowest BCUT2D eigenvalue weighted by Crippen LogP contribution is -2.43. The molecule has 0 aliphatic heterocycles. The second-order valence-corrected chi connectivity index (χ2v) is 10.4. The molecule has 15 heavy (non-hydrogen) atoms. The van der Waals surface area contributed by atoms with Gasteiger partial charge in [-0.2, -0.15) is 0 Å². The average Bonchev–Trinajstić information content (AvgIpc) is 2.06. The summed E-state index contributed by atoms with van der Waals surface area (Å²) >= 11 is 6.08. The van der Waals surface area contributed by atoms with E-state index in [4.69, 9.17) is 16.0 Å². The Kier molecular flexibility index (Phi) is 3.51. The van der Waals surface area contributed by atoms with Gasteiger partial charge in [-0.15, -0.1) is 0 Å². The van der Waals surface area contributed by atoms with Crippen molar-refractivity contribution in [2.45, 2.75) is 38.9 Å². The van der Waals surface area contributed by atoms with Crippen LogP contribution in [-0.2, 0) is 0 Å². The molecule has 0 aliphatic carbocycles. The molecule has 1 rings (SSSR count). The van der Waals surface area contributed by atoms with E-state index in [1.165, 1.54) is 0 Å². The van der Waals surface area contributed by atoms with Crippen LogP contribution in [0.5, 0.6) is 5.75 Å². The van der Waals surface area contributed by atoms with Crippen LogP contribution in [-0.4, -0.2) is 8.32 Å². The summed E-state index contributed by atoms with van der Waals surface area (Å²) in [5, 5.41) is 0.897. The molecule has 0 radical (unpaired) electrons. The van der Waals surface area contributed by atoms with Gasteiger partial charge in [-0.25, -0.2) is 0 Å². The molecule has 1 aromatic carbocycles. The molecule has 0 aliphatic rings. The summed E-state index contributed by atoms with van der Waals surface area (Å²) in [4.78, 5) is 0. The molecule has 0 amide bonds. The minimum Gasteiger partial charge on any atom is -0.543 e. The molecule has 0 N–H and O–H groups in total. The minimum absolute atomic E-state index is 0.201. The van der Waals surface area contributed by atoms with Crippen LogP contribution < -0.4 is 4.43 Å². The topological polar surface area (TPSA) is 9.23 Å². The molecule has 3 heteroatoms. The van der Waals surface area contributed by atoms with Crippen molar-refractivity contribution in [3.8, 4) is 5.75 Å². The molecular formula is C12H19ClOSi. The molecule has 0 saturated heterocycles. The smallest absolute Gasteiger partial charge is 0.250 e. The van der Waals surface area contributed by atoms with Crippen LogP contribution >= 0.6 is 11.6 Å². The molecule has 0 aromatic heterocycles. The van der Waals surface area contributed by atoms with E-state index in [-0.39, 0.29) is 5.04 Å². The Bertz CT molecular complexity index is 342. The van der Waals surface area contributed by atoms with Crippen molar-refractivity contribution < 1.29 is 4.43 Å². The van der Waals surface area contributed by atoms with E-state index in [2.05, 4.69) is 33.9 Å². The third-order valence-electron chi connectivity index (χ3n) is 3.01.